The quantitative estimate of drug-likeness (QED) is 0.181. The predicted octanol–water partition coefficient (Wildman–Crippen LogP) is 13.5. The number of nitrogens with zero attached hydrogens (tertiary/aromatic N) is 1. The van der Waals surface area contributed by atoms with E-state index in [1.54, 1.807) is 0 Å². The number of thiophene rings is 1. The Morgan fingerprint density at radius 3 is 1.78 bits per heavy atom. The molecule has 0 saturated heterocycles. The van der Waals surface area contributed by atoms with Gasteiger partial charge < -0.3 is 4.90 Å². The zero-order valence-electron chi connectivity index (χ0n) is 27.8. The van der Waals surface area contributed by atoms with Crippen molar-refractivity contribution in [1.29, 1.82) is 0 Å². The number of benzene rings is 8. The molecular weight excluding hydrogens is 635 g/mol. The lowest BCUT2D eigenvalue weighted by Crippen LogP contribution is -2.25. The lowest BCUT2D eigenvalue weighted by molar-refractivity contribution is 0.811. The van der Waals surface area contributed by atoms with Crippen molar-refractivity contribution in [3.05, 3.63) is 210 Å². The molecule has 0 amide bonds. The second-order valence-electron chi connectivity index (χ2n) is 13.6. The molecule has 8 aromatic carbocycles. The Morgan fingerprint density at radius 1 is 0.412 bits per heavy atom. The van der Waals surface area contributed by atoms with Gasteiger partial charge >= 0.3 is 0 Å². The van der Waals surface area contributed by atoms with Gasteiger partial charge in [-0.15, -0.1) is 11.3 Å². The summed E-state index contributed by atoms with van der Waals surface area (Å²) >= 11 is 1.96. The molecular formula is C49H31NS. The Balaban J connectivity index is 1.19. The van der Waals surface area contributed by atoms with E-state index in [1.165, 1.54) is 81.5 Å². The fourth-order valence-electron chi connectivity index (χ4n) is 8.94. The van der Waals surface area contributed by atoms with E-state index in [0.717, 1.165) is 11.4 Å². The third kappa shape index (κ3) is 3.97. The van der Waals surface area contributed by atoms with Crippen LogP contribution in [-0.4, -0.2) is 0 Å². The lowest BCUT2D eigenvalue weighted by Gasteiger charge is -2.31. The van der Waals surface area contributed by atoms with Crippen molar-refractivity contribution in [3.63, 3.8) is 0 Å². The summed E-state index contributed by atoms with van der Waals surface area (Å²) in [4.78, 5) is 3.88. The van der Waals surface area contributed by atoms with E-state index in [1.807, 2.05) is 11.3 Å². The second kappa shape index (κ2) is 10.9. The van der Waals surface area contributed by atoms with Gasteiger partial charge in [-0.3, -0.25) is 0 Å². The van der Waals surface area contributed by atoms with Gasteiger partial charge in [0.1, 0.15) is 0 Å². The highest BCUT2D eigenvalue weighted by Gasteiger charge is 2.53. The molecule has 1 spiro atoms. The highest BCUT2D eigenvalue weighted by atomic mass is 32.1. The molecule has 0 bridgehead atoms. The van der Waals surface area contributed by atoms with Crippen molar-refractivity contribution in [2.45, 2.75) is 5.41 Å². The summed E-state index contributed by atoms with van der Waals surface area (Å²) in [5, 5.41) is 3.79. The van der Waals surface area contributed by atoms with Crippen LogP contribution in [0.25, 0.3) is 54.2 Å². The standard InChI is InChI=1S/C49H31NS/c1-2-13-32(14-3-1)33-25-27-35(28-26-33)50(45-23-12-16-34-15-4-5-17-37(34)45)36-29-30-44-41(31-36)47-40-20-8-11-24-46(40)51-48(47)49(44)42-21-9-6-18-38(42)39-19-7-10-22-43(39)49/h1-31H. The maximum Gasteiger partial charge on any atom is 0.0819 e. The van der Waals surface area contributed by atoms with Crippen molar-refractivity contribution in [3.8, 4) is 33.4 Å². The second-order valence-corrected chi connectivity index (χ2v) is 14.7. The molecule has 11 rings (SSSR count). The zero-order chi connectivity index (χ0) is 33.5. The summed E-state index contributed by atoms with van der Waals surface area (Å²) in [5.41, 5.74) is 15.0. The van der Waals surface area contributed by atoms with Gasteiger partial charge in [-0.1, -0.05) is 152 Å². The number of fused-ring (bicyclic) bond motifs is 13. The molecule has 1 aromatic heterocycles. The molecule has 0 N–H and O–H groups in total. The van der Waals surface area contributed by atoms with Crippen LogP contribution in [-0.2, 0) is 5.41 Å². The van der Waals surface area contributed by atoms with E-state index in [9.17, 15) is 0 Å². The minimum Gasteiger partial charge on any atom is -0.310 e. The van der Waals surface area contributed by atoms with Crippen LogP contribution in [0.5, 0.6) is 0 Å². The number of hydrogen-bond acceptors (Lipinski definition) is 2. The summed E-state index contributed by atoms with van der Waals surface area (Å²) in [7, 11) is 0. The fourth-order valence-corrected chi connectivity index (χ4v) is 10.4. The Bertz CT molecular complexity index is 2760. The SMILES string of the molecule is c1ccc(-c2ccc(N(c3ccc4c(c3)-c3c(sc5ccccc35)C43c4ccccc4-c4ccccc43)c3cccc4ccccc34)cc2)cc1. The third-order valence-corrected chi connectivity index (χ3v) is 12.4. The summed E-state index contributed by atoms with van der Waals surface area (Å²) in [5.74, 6) is 0. The largest absolute Gasteiger partial charge is 0.310 e. The van der Waals surface area contributed by atoms with E-state index in [4.69, 9.17) is 0 Å². The molecule has 1 heterocycles. The van der Waals surface area contributed by atoms with Crippen LogP contribution in [0.2, 0.25) is 0 Å². The van der Waals surface area contributed by atoms with Gasteiger partial charge in [-0.25, -0.2) is 0 Å². The maximum atomic E-state index is 2.47. The van der Waals surface area contributed by atoms with Gasteiger partial charge in [0.05, 0.1) is 11.1 Å². The highest BCUT2D eigenvalue weighted by Crippen LogP contribution is 2.66. The molecule has 2 heteroatoms. The molecule has 0 radical (unpaired) electrons. The Kier molecular flexibility index (Phi) is 6.11. The van der Waals surface area contributed by atoms with Crippen LogP contribution in [0.15, 0.2) is 188 Å². The summed E-state index contributed by atoms with van der Waals surface area (Å²) in [6.07, 6.45) is 0. The average Bonchev–Trinajstić information content (AvgIpc) is 3.82. The minimum atomic E-state index is -0.359. The first-order chi connectivity index (χ1) is 25.3. The van der Waals surface area contributed by atoms with Crippen molar-refractivity contribution in [2.75, 3.05) is 4.90 Å². The molecule has 1 nitrogen and oxygen atoms in total. The molecule has 238 valence electrons. The van der Waals surface area contributed by atoms with E-state index in [0.29, 0.717) is 0 Å². The van der Waals surface area contributed by atoms with Gasteiger partial charge in [0.25, 0.3) is 0 Å². The number of anilines is 3. The predicted molar refractivity (Wildman–Crippen MR) is 216 cm³/mol. The van der Waals surface area contributed by atoms with Crippen LogP contribution < -0.4 is 4.90 Å². The molecule has 9 aromatic rings. The topological polar surface area (TPSA) is 3.24 Å². The molecule has 0 saturated carbocycles. The Hall–Kier alpha value is -6.22. The monoisotopic (exact) mass is 665 g/mol. The van der Waals surface area contributed by atoms with Gasteiger partial charge in [0.15, 0.2) is 0 Å². The molecule has 0 fully saturated rings. The normalized spacial score (nSPS) is 13.3. The summed E-state index contributed by atoms with van der Waals surface area (Å²) in [6.45, 7) is 0. The molecule has 0 aliphatic heterocycles. The highest BCUT2D eigenvalue weighted by molar-refractivity contribution is 7.20. The summed E-state index contributed by atoms with van der Waals surface area (Å²) < 4.78 is 1.34. The number of rotatable bonds is 4. The van der Waals surface area contributed by atoms with E-state index >= 15 is 0 Å². The van der Waals surface area contributed by atoms with Gasteiger partial charge in [-0.2, -0.15) is 0 Å². The summed E-state index contributed by atoms with van der Waals surface area (Å²) in [6, 6.07) is 69.4. The van der Waals surface area contributed by atoms with Crippen molar-refractivity contribution in [2.24, 2.45) is 0 Å². The van der Waals surface area contributed by atoms with E-state index in [-0.39, 0.29) is 5.41 Å². The molecule has 2 aliphatic carbocycles. The first-order valence-electron chi connectivity index (χ1n) is 17.6. The van der Waals surface area contributed by atoms with E-state index < -0.39 is 0 Å². The first-order valence-corrected chi connectivity index (χ1v) is 18.4. The van der Waals surface area contributed by atoms with Crippen LogP contribution in [0.4, 0.5) is 17.1 Å². The van der Waals surface area contributed by atoms with Gasteiger partial charge in [0.2, 0.25) is 0 Å². The van der Waals surface area contributed by atoms with Crippen LogP contribution in [0.3, 0.4) is 0 Å². The third-order valence-electron chi connectivity index (χ3n) is 11.1. The smallest absolute Gasteiger partial charge is 0.0819 e. The number of hydrogen-bond donors (Lipinski definition) is 0. The van der Waals surface area contributed by atoms with Gasteiger partial charge in [-0.05, 0) is 86.3 Å². The Morgan fingerprint density at radius 2 is 1.00 bits per heavy atom. The van der Waals surface area contributed by atoms with Crippen molar-refractivity contribution in [1.82, 2.24) is 0 Å². The van der Waals surface area contributed by atoms with Crippen molar-refractivity contribution >= 4 is 49.3 Å². The van der Waals surface area contributed by atoms with E-state index in [2.05, 4.69) is 193 Å². The zero-order valence-corrected chi connectivity index (χ0v) is 28.6. The van der Waals surface area contributed by atoms with Crippen LogP contribution >= 0.6 is 11.3 Å². The molecule has 51 heavy (non-hydrogen) atoms. The lowest BCUT2D eigenvalue weighted by atomic mass is 9.74. The molecule has 2 aliphatic rings. The fraction of sp³-hybridized carbons (Fsp3) is 0.0204. The maximum absolute atomic E-state index is 2.47. The molecule has 0 atom stereocenters. The van der Waals surface area contributed by atoms with Crippen LogP contribution in [0, 0.1) is 0 Å². The Labute approximate surface area is 301 Å². The van der Waals surface area contributed by atoms with Crippen molar-refractivity contribution < 1.29 is 0 Å². The van der Waals surface area contributed by atoms with Crippen LogP contribution in [0.1, 0.15) is 21.6 Å². The van der Waals surface area contributed by atoms with Gasteiger partial charge in [0, 0.05) is 37.3 Å². The minimum absolute atomic E-state index is 0.359. The molecule has 0 unspecified atom stereocenters. The average molecular weight is 666 g/mol. The first kappa shape index (κ1) is 28.6.